The predicted octanol–water partition coefficient (Wildman–Crippen LogP) is 1.67. The maximum Gasteiger partial charge on any atom is 0.289 e. The molecule has 2 unspecified atom stereocenters. The molecule has 2 heterocycles. The summed E-state index contributed by atoms with van der Waals surface area (Å²) in [5.41, 5.74) is -0.666. The van der Waals surface area contributed by atoms with E-state index < -0.39 is 64.9 Å². The lowest BCUT2D eigenvalue weighted by Gasteiger charge is -2.37. The summed E-state index contributed by atoms with van der Waals surface area (Å²) in [6, 6.07) is -3.72. The molecule has 4 N–H and O–H groups in total. The van der Waals surface area contributed by atoms with Crippen LogP contribution in [0.15, 0.2) is 18.6 Å². The van der Waals surface area contributed by atoms with Crippen molar-refractivity contribution < 1.29 is 28.8 Å². The first-order chi connectivity index (χ1) is 21.8. The summed E-state index contributed by atoms with van der Waals surface area (Å²) in [6.07, 6.45) is 10.2. The standard InChI is InChI=1S/C33H49N7O6/c1-6-9-22(26(41)31(45)36-20-13-14-20)37-30(44)25-21-12-8-11-19(21)18-40(25)32(46)27(33(3,4)5)39-28(42)23(10-7-2)38-29(43)24-17-34-15-16-35-24/h15-17,19-23,25,27H,6-14,18H2,1-5H3,(H,36,45)(H,37,44)(H,38,43)(H,39,42)/t19?,21-,22-,23-,25?,27+/m0/s1. The van der Waals surface area contributed by atoms with Crippen molar-refractivity contribution in [3.8, 4) is 0 Å². The minimum atomic E-state index is -1.00. The molecule has 0 spiro atoms. The van der Waals surface area contributed by atoms with Gasteiger partial charge in [0.1, 0.15) is 23.8 Å². The van der Waals surface area contributed by atoms with Gasteiger partial charge in [0.2, 0.25) is 23.5 Å². The molecular weight excluding hydrogens is 590 g/mol. The van der Waals surface area contributed by atoms with Gasteiger partial charge in [0.15, 0.2) is 0 Å². The first-order valence-corrected chi connectivity index (χ1v) is 16.7. The number of amides is 5. The summed E-state index contributed by atoms with van der Waals surface area (Å²) in [7, 11) is 0. The first kappa shape index (κ1) is 35.0. The Hall–Kier alpha value is -3.90. The quantitative estimate of drug-likeness (QED) is 0.222. The second-order valence-corrected chi connectivity index (χ2v) is 14.0. The van der Waals surface area contributed by atoms with Gasteiger partial charge in [0.25, 0.3) is 11.8 Å². The number of fused-ring (bicyclic) bond motifs is 1. The summed E-state index contributed by atoms with van der Waals surface area (Å²) in [6.45, 7) is 9.64. The molecule has 1 aromatic rings. The van der Waals surface area contributed by atoms with Gasteiger partial charge >= 0.3 is 0 Å². The molecule has 3 aliphatic rings. The topological polar surface area (TPSA) is 180 Å². The van der Waals surface area contributed by atoms with E-state index in [9.17, 15) is 28.8 Å². The van der Waals surface area contributed by atoms with Crippen molar-refractivity contribution >= 4 is 35.3 Å². The average molecular weight is 640 g/mol. The molecule has 0 bridgehead atoms. The van der Waals surface area contributed by atoms with E-state index in [0.717, 1.165) is 32.1 Å². The number of rotatable bonds is 14. The van der Waals surface area contributed by atoms with Crippen molar-refractivity contribution in [3.63, 3.8) is 0 Å². The molecule has 252 valence electrons. The Balaban J connectivity index is 1.52. The highest BCUT2D eigenvalue weighted by atomic mass is 16.2. The largest absolute Gasteiger partial charge is 0.347 e. The molecule has 6 atom stereocenters. The SMILES string of the molecule is CCC[C@H](NC(=O)c1cnccn1)C(=O)N[C@H](C(=O)N1CC2CCC[C@@H]2C1C(=O)N[C@@H](CCC)C(=O)C(=O)NC1CC1)C(C)(C)C. The molecule has 13 heteroatoms. The molecule has 46 heavy (non-hydrogen) atoms. The van der Waals surface area contributed by atoms with Crippen LogP contribution in [0.4, 0.5) is 0 Å². The van der Waals surface area contributed by atoms with E-state index in [0.29, 0.717) is 32.2 Å². The fourth-order valence-corrected chi connectivity index (χ4v) is 6.59. The Morgan fingerprint density at radius 1 is 0.913 bits per heavy atom. The van der Waals surface area contributed by atoms with E-state index in [1.807, 2.05) is 34.6 Å². The average Bonchev–Trinajstić information content (AvgIpc) is 3.58. The molecular formula is C33H49N7O6. The van der Waals surface area contributed by atoms with Gasteiger partial charge in [-0.15, -0.1) is 0 Å². The van der Waals surface area contributed by atoms with Gasteiger partial charge in [0, 0.05) is 25.0 Å². The van der Waals surface area contributed by atoms with Gasteiger partial charge in [-0.3, -0.25) is 33.8 Å². The number of likely N-dealkylation sites (tertiary alicyclic amines) is 1. The fraction of sp³-hybridized carbons (Fsp3) is 0.697. The first-order valence-electron chi connectivity index (χ1n) is 16.7. The predicted molar refractivity (Wildman–Crippen MR) is 169 cm³/mol. The smallest absolute Gasteiger partial charge is 0.289 e. The third kappa shape index (κ3) is 8.47. The minimum Gasteiger partial charge on any atom is -0.347 e. The number of hydrogen-bond acceptors (Lipinski definition) is 8. The zero-order valence-electron chi connectivity index (χ0n) is 27.6. The Bertz CT molecular complexity index is 1290. The van der Waals surface area contributed by atoms with Crippen LogP contribution in [0.1, 0.15) is 103 Å². The second-order valence-electron chi connectivity index (χ2n) is 14.0. The highest BCUT2D eigenvalue weighted by molar-refractivity contribution is 6.38. The zero-order valence-corrected chi connectivity index (χ0v) is 27.6. The van der Waals surface area contributed by atoms with Crippen molar-refractivity contribution in [2.75, 3.05) is 6.54 Å². The molecule has 0 aromatic carbocycles. The highest BCUT2D eigenvalue weighted by Crippen LogP contribution is 2.43. The lowest BCUT2D eigenvalue weighted by Crippen LogP contribution is -2.61. The van der Waals surface area contributed by atoms with Crippen LogP contribution in [-0.2, 0) is 24.0 Å². The van der Waals surface area contributed by atoms with Crippen molar-refractivity contribution in [1.29, 1.82) is 0 Å². The molecule has 3 fully saturated rings. The number of hydrogen-bond donors (Lipinski definition) is 4. The number of aromatic nitrogens is 2. The monoisotopic (exact) mass is 639 g/mol. The molecule has 0 radical (unpaired) electrons. The number of Topliss-reactive ketones (excluding diaryl/α,β-unsaturated/α-hetero) is 1. The molecule has 1 aromatic heterocycles. The Kier molecular flexibility index (Phi) is 11.5. The zero-order chi connectivity index (χ0) is 33.6. The summed E-state index contributed by atoms with van der Waals surface area (Å²) >= 11 is 0. The van der Waals surface area contributed by atoms with Gasteiger partial charge in [-0.25, -0.2) is 4.98 Å². The van der Waals surface area contributed by atoms with Gasteiger partial charge in [-0.05, 0) is 55.8 Å². The van der Waals surface area contributed by atoms with Gasteiger partial charge in [0.05, 0.1) is 12.2 Å². The third-order valence-electron chi connectivity index (χ3n) is 9.18. The summed E-state index contributed by atoms with van der Waals surface area (Å²) in [5.74, 6) is -3.24. The van der Waals surface area contributed by atoms with E-state index >= 15 is 0 Å². The molecule has 5 amide bonds. The maximum atomic E-state index is 14.4. The van der Waals surface area contributed by atoms with E-state index in [1.165, 1.54) is 18.6 Å². The molecule has 2 aliphatic carbocycles. The summed E-state index contributed by atoms with van der Waals surface area (Å²) < 4.78 is 0. The van der Waals surface area contributed by atoms with Crippen LogP contribution in [0, 0.1) is 17.3 Å². The molecule has 13 nitrogen and oxygen atoms in total. The van der Waals surface area contributed by atoms with E-state index in [-0.39, 0.29) is 23.6 Å². The van der Waals surface area contributed by atoms with Crippen molar-refractivity contribution in [1.82, 2.24) is 36.1 Å². The summed E-state index contributed by atoms with van der Waals surface area (Å²) in [5, 5.41) is 11.2. The maximum absolute atomic E-state index is 14.4. The molecule has 1 aliphatic heterocycles. The number of nitrogens with zero attached hydrogens (tertiary/aromatic N) is 3. The Labute approximate surface area is 270 Å². The van der Waals surface area contributed by atoms with E-state index in [4.69, 9.17) is 0 Å². The highest BCUT2D eigenvalue weighted by Gasteiger charge is 2.52. The van der Waals surface area contributed by atoms with Gasteiger partial charge in [-0.1, -0.05) is 53.9 Å². The molecule has 2 saturated carbocycles. The normalized spacial score (nSPS) is 22.6. The minimum absolute atomic E-state index is 0.0124. The van der Waals surface area contributed by atoms with E-state index in [2.05, 4.69) is 31.2 Å². The number of ketones is 1. The Morgan fingerprint density at radius 2 is 1.61 bits per heavy atom. The van der Waals surface area contributed by atoms with Crippen LogP contribution >= 0.6 is 0 Å². The Morgan fingerprint density at radius 3 is 2.22 bits per heavy atom. The third-order valence-corrected chi connectivity index (χ3v) is 9.18. The number of carbonyl (C=O) groups is 6. The van der Waals surface area contributed by atoms with Gasteiger partial charge in [-0.2, -0.15) is 0 Å². The fourth-order valence-electron chi connectivity index (χ4n) is 6.59. The lowest BCUT2D eigenvalue weighted by molar-refractivity contribution is -0.146. The summed E-state index contributed by atoms with van der Waals surface area (Å²) in [4.78, 5) is 89.9. The molecule has 1 saturated heterocycles. The van der Waals surface area contributed by atoms with Crippen molar-refractivity contribution in [2.24, 2.45) is 17.3 Å². The van der Waals surface area contributed by atoms with Crippen LogP contribution in [-0.4, -0.2) is 86.9 Å². The second kappa shape index (κ2) is 15.1. The van der Waals surface area contributed by atoms with E-state index in [1.54, 1.807) is 4.90 Å². The van der Waals surface area contributed by atoms with Crippen molar-refractivity contribution in [3.05, 3.63) is 24.3 Å². The van der Waals surface area contributed by atoms with Crippen LogP contribution in [0.2, 0.25) is 0 Å². The van der Waals surface area contributed by atoms with Gasteiger partial charge < -0.3 is 26.2 Å². The van der Waals surface area contributed by atoms with Crippen LogP contribution < -0.4 is 21.3 Å². The van der Waals surface area contributed by atoms with Crippen LogP contribution in [0.25, 0.3) is 0 Å². The van der Waals surface area contributed by atoms with Crippen LogP contribution in [0.3, 0.4) is 0 Å². The number of carbonyl (C=O) groups excluding carboxylic acids is 6. The molecule has 4 rings (SSSR count). The van der Waals surface area contributed by atoms with Crippen LogP contribution in [0.5, 0.6) is 0 Å². The van der Waals surface area contributed by atoms with Crippen molar-refractivity contribution in [2.45, 2.75) is 123 Å². The lowest BCUT2D eigenvalue weighted by atomic mass is 9.85. The number of nitrogens with one attached hydrogen (secondary N) is 4.